The molecule has 0 saturated heterocycles. The number of aryl methyl sites for hydroxylation is 2. The number of rotatable bonds is 3. The average Bonchev–Trinajstić information content (AvgIpc) is 3.19. The normalized spacial score (nSPS) is 10.8. The Hall–Kier alpha value is -3.59. The van der Waals surface area contributed by atoms with Crippen molar-refractivity contribution in [1.82, 2.24) is 19.3 Å². The van der Waals surface area contributed by atoms with Gasteiger partial charge in [0.15, 0.2) is 0 Å². The summed E-state index contributed by atoms with van der Waals surface area (Å²) in [5.41, 5.74) is 4.79. The lowest BCUT2D eigenvalue weighted by atomic mass is 10.2. The number of nitrogens with zero attached hydrogens (tertiary/aromatic N) is 5. The van der Waals surface area contributed by atoms with Gasteiger partial charge in [-0.15, -0.1) is 0 Å². The third kappa shape index (κ3) is 2.72. The summed E-state index contributed by atoms with van der Waals surface area (Å²) in [5.74, 6) is 0.760. The van der Waals surface area contributed by atoms with Gasteiger partial charge < -0.3 is 9.88 Å². The second-order valence-electron chi connectivity index (χ2n) is 5.93. The third-order valence-corrected chi connectivity index (χ3v) is 4.21. The lowest BCUT2D eigenvalue weighted by molar-refractivity contribution is 0.768. The summed E-state index contributed by atoms with van der Waals surface area (Å²) < 4.78 is 3.93. The van der Waals surface area contributed by atoms with Gasteiger partial charge in [-0.05, 0) is 30.3 Å². The molecule has 0 fully saturated rings. The summed E-state index contributed by atoms with van der Waals surface area (Å²) in [6.45, 7) is 0. The van der Waals surface area contributed by atoms with Crippen LogP contribution in [0.25, 0.3) is 22.2 Å². The molecule has 0 atom stereocenters. The minimum atomic E-state index is 0.637. The molecule has 0 spiro atoms. The molecule has 4 aromatic rings. The minimum Gasteiger partial charge on any atom is -0.343 e. The SMILES string of the molecule is Cn1cc(-c2cc3cnc(Nc4ccc(C#N)cc4)cc3n2C)cn1. The molecule has 0 aliphatic rings. The molecule has 25 heavy (non-hydrogen) atoms. The molecule has 0 bridgehead atoms. The summed E-state index contributed by atoms with van der Waals surface area (Å²) in [4.78, 5) is 4.49. The molecule has 0 aliphatic carbocycles. The molecule has 122 valence electrons. The number of aromatic nitrogens is 4. The van der Waals surface area contributed by atoms with Crippen molar-refractivity contribution in [2.75, 3.05) is 5.32 Å². The molecule has 0 unspecified atom stereocenters. The average molecular weight is 328 g/mol. The smallest absolute Gasteiger partial charge is 0.132 e. The Morgan fingerprint density at radius 2 is 1.88 bits per heavy atom. The molecule has 0 amide bonds. The zero-order chi connectivity index (χ0) is 17.4. The van der Waals surface area contributed by atoms with Crippen molar-refractivity contribution in [2.45, 2.75) is 0 Å². The lowest BCUT2D eigenvalue weighted by Crippen LogP contribution is -1.95. The molecule has 0 saturated carbocycles. The maximum absolute atomic E-state index is 8.87. The number of fused-ring (bicyclic) bond motifs is 1. The van der Waals surface area contributed by atoms with Gasteiger partial charge in [0.2, 0.25) is 0 Å². The molecule has 0 aliphatic heterocycles. The predicted molar refractivity (Wildman–Crippen MR) is 97.4 cm³/mol. The number of benzene rings is 1. The highest BCUT2D eigenvalue weighted by atomic mass is 15.2. The van der Waals surface area contributed by atoms with Crippen LogP contribution in [0.3, 0.4) is 0 Å². The van der Waals surface area contributed by atoms with Crippen LogP contribution in [-0.2, 0) is 14.1 Å². The number of anilines is 2. The van der Waals surface area contributed by atoms with Crippen molar-refractivity contribution in [3.63, 3.8) is 0 Å². The summed E-state index contributed by atoms with van der Waals surface area (Å²) in [6.07, 6.45) is 5.72. The second-order valence-corrected chi connectivity index (χ2v) is 5.93. The molecule has 3 aromatic heterocycles. The van der Waals surface area contributed by atoms with Gasteiger partial charge in [-0.1, -0.05) is 0 Å². The number of nitriles is 1. The van der Waals surface area contributed by atoms with E-state index in [1.807, 2.05) is 50.9 Å². The first-order chi connectivity index (χ1) is 12.1. The Balaban J connectivity index is 1.70. The van der Waals surface area contributed by atoms with Crippen LogP contribution in [0.15, 0.2) is 55.0 Å². The maximum atomic E-state index is 8.87. The molecular formula is C19H16N6. The van der Waals surface area contributed by atoms with E-state index in [9.17, 15) is 0 Å². The van der Waals surface area contributed by atoms with Crippen LogP contribution >= 0.6 is 0 Å². The molecule has 4 rings (SSSR count). The van der Waals surface area contributed by atoms with E-state index in [-0.39, 0.29) is 0 Å². The van der Waals surface area contributed by atoms with Crippen LogP contribution in [0, 0.1) is 11.3 Å². The second kappa shape index (κ2) is 5.80. The molecule has 1 N–H and O–H groups in total. The largest absolute Gasteiger partial charge is 0.343 e. The summed E-state index contributed by atoms with van der Waals surface area (Å²) >= 11 is 0. The quantitative estimate of drug-likeness (QED) is 0.624. The molecule has 6 heteroatoms. The van der Waals surface area contributed by atoms with Gasteiger partial charge >= 0.3 is 0 Å². The van der Waals surface area contributed by atoms with Crippen LogP contribution < -0.4 is 5.32 Å². The highest BCUT2D eigenvalue weighted by Gasteiger charge is 2.10. The first-order valence-electron chi connectivity index (χ1n) is 7.86. The fourth-order valence-corrected chi connectivity index (χ4v) is 2.91. The van der Waals surface area contributed by atoms with Crippen molar-refractivity contribution >= 4 is 22.4 Å². The van der Waals surface area contributed by atoms with E-state index in [1.165, 1.54) is 0 Å². The highest BCUT2D eigenvalue weighted by molar-refractivity contribution is 5.88. The fraction of sp³-hybridized carbons (Fsp3) is 0.105. The molecule has 1 aromatic carbocycles. The van der Waals surface area contributed by atoms with E-state index >= 15 is 0 Å². The predicted octanol–water partition coefficient (Wildman–Crippen LogP) is 3.59. The molecular weight excluding hydrogens is 312 g/mol. The third-order valence-electron chi connectivity index (χ3n) is 4.21. The van der Waals surface area contributed by atoms with Gasteiger partial charge in [0.1, 0.15) is 5.82 Å². The molecule has 0 radical (unpaired) electrons. The number of hydrogen-bond donors (Lipinski definition) is 1. The van der Waals surface area contributed by atoms with Gasteiger partial charge in [-0.2, -0.15) is 10.4 Å². The summed E-state index contributed by atoms with van der Waals surface area (Å²) in [7, 11) is 3.95. The Bertz CT molecular complexity index is 1100. The first kappa shape index (κ1) is 15.0. The van der Waals surface area contributed by atoms with Gasteiger partial charge in [-0.25, -0.2) is 4.98 Å². The van der Waals surface area contributed by atoms with Crippen molar-refractivity contribution in [3.05, 3.63) is 60.6 Å². The summed E-state index contributed by atoms with van der Waals surface area (Å²) in [6, 6.07) is 13.6. The van der Waals surface area contributed by atoms with E-state index in [0.717, 1.165) is 33.7 Å². The van der Waals surface area contributed by atoms with Gasteiger partial charge in [0.05, 0.1) is 29.0 Å². The Morgan fingerprint density at radius 1 is 1.08 bits per heavy atom. The van der Waals surface area contributed by atoms with Gasteiger partial charge in [-0.3, -0.25) is 4.68 Å². The van der Waals surface area contributed by atoms with Crippen LogP contribution in [0.4, 0.5) is 11.5 Å². The summed E-state index contributed by atoms with van der Waals surface area (Å²) in [5, 5.41) is 17.5. The number of pyridine rings is 1. The zero-order valence-corrected chi connectivity index (χ0v) is 13.9. The minimum absolute atomic E-state index is 0.637. The van der Waals surface area contributed by atoms with E-state index < -0.39 is 0 Å². The lowest BCUT2D eigenvalue weighted by Gasteiger charge is -2.07. The number of nitrogens with one attached hydrogen (secondary N) is 1. The molecule has 6 nitrogen and oxygen atoms in total. The van der Waals surface area contributed by atoms with E-state index in [1.54, 1.807) is 16.8 Å². The van der Waals surface area contributed by atoms with Crippen LogP contribution in [0.5, 0.6) is 0 Å². The molecule has 3 heterocycles. The zero-order valence-electron chi connectivity index (χ0n) is 13.9. The fourth-order valence-electron chi connectivity index (χ4n) is 2.91. The van der Waals surface area contributed by atoms with Crippen molar-refractivity contribution in [1.29, 1.82) is 5.26 Å². The van der Waals surface area contributed by atoms with Crippen molar-refractivity contribution < 1.29 is 0 Å². The Kier molecular flexibility index (Phi) is 3.47. The standard InChI is InChI=1S/C19H16N6/c1-24-12-15(11-22-24)17-7-14-10-21-19(8-18(14)25(17)2)23-16-5-3-13(9-20)4-6-16/h3-8,10-12H,1-2H3,(H,21,23). The van der Waals surface area contributed by atoms with Crippen LogP contribution in [0.2, 0.25) is 0 Å². The monoisotopic (exact) mass is 328 g/mol. The Morgan fingerprint density at radius 3 is 2.56 bits per heavy atom. The van der Waals surface area contributed by atoms with Crippen molar-refractivity contribution in [3.8, 4) is 17.3 Å². The first-order valence-corrected chi connectivity index (χ1v) is 7.86. The van der Waals surface area contributed by atoms with Crippen molar-refractivity contribution in [2.24, 2.45) is 14.1 Å². The van der Waals surface area contributed by atoms with Gasteiger partial charge in [0.25, 0.3) is 0 Å². The van der Waals surface area contributed by atoms with Gasteiger partial charge in [0, 0.05) is 49.2 Å². The Labute approximate surface area is 145 Å². The van der Waals surface area contributed by atoms with Crippen LogP contribution in [0.1, 0.15) is 5.56 Å². The van der Waals surface area contributed by atoms with E-state index in [4.69, 9.17) is 5.26 Å². The van der Waals surface area contributed by atoms with E-state index in [0.29, 0.717) is 5.56 Å². The topological polar surface area (TPSA) is 71.5 Å². The number of hydrogen-bond acceptors (Lipinski definition) is 4. The highest BCUT2D eigenvalue weighted by Crippen LogP contribution is 2.28. The maximum Gasteiger partial charge on any atom is 0.132 e. The van der Waals surface area contributed by atoms with Crippen LogP contribution in [-0.4, -0.2) is 19.3 Å². The van der Waals surface area contributed by atoms with E-state index in [2.05, 4.69) is 32.1 Å².